The molecule has 7 heteroatoms. The Kier molecular flexibility index (Phi) is 4.49. The molecule has 0 fully saturated rings. The van der Waals surface area contributed by atoms with Gasteiger partial charge in [-0.15, -0.1) is 23.1 Å². The lowest BCUT2D eigenvalue weighted by Crippen LogP contribution is -2.12. The Bertz CT molecular complexity index is 930. The second-order valence-electron chi connectivity index (χ2n) is 5.05. The minimum Gasteiger partial charge on any atom is -0.325 e. The first-order valence-electron chi connectivity index (χ1n) is 7.01. The molecular formula is C16H15N3O2S2. The molecule has 0 aliphatic rings. The molecule has 5 nitrogen and oxygen atoms in total. The van der Waals surface area contributed by atoms with Crippen molar-refractivity contribution in [3.63, 3.8) is 0 Å². The largest absolute Gasteiger partial charge is 0.325 e. The number of anilines is 1. The van der Waals surface area contributed by atoms with Gasteiger partial charge in [0.05, 0.1) is 11.4 Å². The van der Waals surface area contributed by atoms with Crippen molar-refractivity contribution in [1.82, 2.24) is 9.38 Å². The number of hydrogen-bond acceptors (Lipinski definition) is 5. The molecule has 0 saturated heterocycles. The number of rotatable bonds is 4. The van der Waals surface area contributed by atoms with Crippen LogP contribution in [0.15, 0.2) is 46.2 Å². The lowest BCUT2D eigenvalue weighted by Gasteiger charge is -2.09. The molecule has 0 unspecified atom stereocenters. The van der Waals surface area contributed by atoms with Crippen molar-refractivity contribution in [3.05, 3.63) is 57.5 Å². The van der Waals surface area contributed by atoms with Gasteiger partial charge >= 0.3 is 0 Å². The van der Waals surface area contributed by atoms with Gasteiger partial charge < -0.3 is 5.32 Å². The molecule has 0 radical (unpaired) electrons. The molecule has 2 aromatic heterocycles. The first kappa shape index (κ1) is 15.8. The highest BCUT2D eigenvalue weighted by atomic mass is 32.2. The van der Waals surface area contributed by atoms with Gasteiger partial charge in [0.25, 0.3) is 5.56 Å². The Labute approximate surface area is 141 Å². The number of carbonyl (C=O) groups excluding carboxylic acids is 1. The van der Waals surface area contributed by atoms with Gasteiger partial charge in [0.2, 0.25) is 5.91 Å². The van der Waals surface area contributed by atoms with E-state index in [0.29, 0.717) is 10.7 Å². The van der Waals surface area contributed by atoms with Crippen molar-refractivity contribution in [2.75, 3.05) is 5.32 Å². The van der Waals surface area contributed by atoms with Crippen LogP contribution in [0.3, 0.4) is 0 Å². The zero-order chi connectivity index (χ0) is 16.4. The summed E-state index contributed by atoms with van der Waals surface area (Å²) in [5, 5.41) is 2.81. The number of nitrogens with zero attached hydrogens (tertiary/aromatic N) is 2. The van der Waals surface area contributed by atoms with Crippen molar-refractivity contribution in [1.29, 1.82) is 0 Å². The molecule has 3 rings (SSSR count). The van der Waals surface area contributed by atoms with E-state index < -0.39 is 0 Å². The average molecular weight is 345 g/mol. The summed E-state index contributed by atoms with van der Waals surface area (Å²) >= 11 is 3.04. The van der Waals surface area contributed by atoms with Crippen LogP contribution in [0.25, 0.3) is 4.96 Å². The zero-order valence-corrected chi connectivity index (χ0v) is 14.3. The smallest absolute Gasteiger partial charge is 0.258 e. The Morgan fingerprint density at radius 3 is 2.96 bits per heavy atom. The molecule has 0 aliphatic carbocycles. The third-order valence-corrected chi connectivity index (χ3v) is 5.11. The normalized spacial score (nSPS) is 10.9. The maximum atomic E-state index is 12.1. The molecule has 3 aromatic rings. The monoisotopic (exact) mass is 345 g/mol. The Morgan fingerprint density at radius 2 is 2.17 bits per heavy atom. The molecule has 118 valence electrons. The third kappa shape index (κ3) is 3.62. The molecule has 1 N–H and O–H groups in total. The number of benzene rings is 1. The molecule has 2 heterocycles. The molecule has 1 amide bonds. The van der Waals surface area contributed by atoms with E-state index >= 15 is 0 Å². The second kappa shape index (κ2) is 6.55. The summed E-state index contributed by atoms with van der Waals surface area (Å²) in [7, 11) is 0. The molecule has 0 saturated carbocycles. The highest BCUT2D eigenvalue weighted by Crippen LogP contribution is 2.29. The van der Waals surface area contributed by atoms with Crippen LogP contribution in [-0.2, 0) is 10.5 Å². The van der Waals surface area contributed by atoms with Crippen LogP contribution in [0.1, 0.15) is 17.5 Å². The first-order valence-corrected chi connectivity index (χ1v) is 8.81. The lowest BCUT2D eigenvalue weighted by molar-refractivity contribution is -0.114. The van der Waals surface area contributed by atoms with Crippen molar-refractivity contribution in [3.8, 4) is 0 Å². The van der Waals surface area contributed by atoms with Crippen LogP contribution in [0.4, 0.5) is 5.69 Å². The Hall–Kier alpha value is -2.12. The van der Waals surface area contributed by atoms with E-state index in [0.717, 1.165) is 21.2 Å². The maximum absolute atomic E-state index is 12.1. The van der Waals surface area contributed by atoms with Gasteiger partial charge in [0.15, 0.2) is 4.96 Å². The second-order valence-corrected chi connectivity index (χ2v) is 7.28. The van der Waals surface area contributed by atoms with E-state index in [9.17, 15) is 9.59 Å². The van der Waals surface area contributed by atoms with Gasteiger partial charge in [-0.25, -0.2) is 4.98 Å². The van der Waals surface area contributed by atoms with E-state index in [1.54, 1.807) is 28.4 Å². The fourth-order valence-electron chi connectivity index (χ4n) is 2.17. The molecule has 1 aromatic carbocycles. The first-order chi connectivity index (χ1) is 11.0. The van der Waals surface area contributed by atoms with Gasteiger partial charge in [-0.2, -0.15) is 0 Å². The molecular weight excluding hydrogens is 330 g/mol. The van der Waals surface area contributed by atoms with Crippen LogP contribution >= 0.6 is 23.1 Å². The average Bonchev–Trinajstić information content (AvgIpc) is 2.87. The SMILES string of the molecule is CC(=O)Nc1ccccc1SCc1cc(=O)n2cc(C)sc2n1. The number of aryl methyl sites for hydroxylation is 1. The summed E-state index contributed by atoms with van der Waals surface area (Å²) in [5.74, 6) is 0.462. The van der Waals surface area contributed by atoms with E-state index in [1.165, 1.54) is 18.3 Å². The number of fused-ring (bicyclic) bond motifs is 1. The summed E-state index contributed by atoms with van der Waals surface area (Å²) in [6.45, 7) is 3.44. The maximum Gasteiger partial charge on any atom is 0.258 e. The minimum atomic E-state index is -0.107. The number of nitrogens with one attached hydrogen (secondary N) is 1. The number of hydrogen-bond donors (Lipinski definition) is 1. The quantitative estimate of drug-likeness (QED) is 0.737. The Balaban J connectivity index is 1.84. The summed E-state index contributed by atoms with van der Waals surface area (Å²) in [6.07, 6.45) is 1.80. The Morgan fingerprint density at radius 1 is 1.39 bits per heavy atom. The topological polar surface area (TPSA) is 63.5 Å². The number of thiazole rings is 1. The van der Waals surface area contributed by atoms with Crippen LogP contribution in [0.5, 0.6) is 0 Å². The molecule has 0 aliphatic heterocycles. The minimum absolute atomic E-state index is 0.0647. The third-order valence-electron chi connectivity index (χ3n) is 3.11. The van der Waals surface area contributed by atoms with E-state index in [4.69, 9.17) is 0 Å². The summed E-state index contributed by atoms with van der Waals surface area (Å²) < 4.78 is 1.57. The van der Waals surface area contributed by atoms with Crippen molar-refractivity contribution >= 4 is 39.7 Å². The van der Waals surface area contributed by atoms with Gasteiger partial charge in [-0.3, -0.25) is 14.0 Å². The number of amides is 1. The molecule has 23 heavy (non-hydrogen) atoms. The molecule has 0 atom stereocenters. The highest BCUT2D eigenvalue weighted by Gasteiger charge is 2.08. The summed E-state index contributed by atoms with van der Waals surface area (Å²) in [5.41, 5.74) is 1.44. The van der Waals surface area contributed by atoms with E-state index in [-0.39, 0.29) is 11.5 Å². The predicted octanol–water partition coefficient (Wildman–Crippen LogP) is 3.32. The highest BCUT2D eigenvalue weighted by molar-refractivity contribution is 7.98. The molecule has 0 bridgehead atoms. The van der Waals surface area contributed by atoms with Crippen LogP contribution in [-0.4, -0.2) is 15.3 Å². The number of thioether (sulfide) groups is 1. The van der Waals surface area contributed by atoms with E-state index in [2.05, 4.69) is 10.3 Å². The van der Waals surface area contributed by atoms with Crippen LogP contribution in [0, 0.1) is 6.92 Å². The van der Waals surface area contributed by atoms with Gasteiger partial charge in [0.1, 0.15) is 0 Å². The van der Waals surface area contributed by atoms with E-state index in [1.807, 2.05) is 31.2 Å². The predicted molar refractivity (Wildman–Crippen MR) is 94.4 cm³/mol. The zero-order valence-electron chi connectivity index (χ0n) is 12.7. The van der Waals surface area contributed by atoms with Gasteiger partial charge in [-0.1, -0.05) is 12.1 Å². The fourth-order valence-corrected chi connectivity index (χ4v) is 3.92. The standard InChI is InChI=1S/C16H15N3O2S2/c1-10-8-19-15(21)7-12(18-16(19)23-10)9-22-14-6-4-3-5-13(14)17-11(2)20/h3-8H,9H2,1-2H3,(H,17,20). The van der Waals surface area contributed by atoms with Crippen LogP contribution in [0.2, 0.25) is 0 Å². The van der Waals surface area contributed by atoms with Gasteiger partial charge in [-0.05, 0) is 19.1 Å². The summed E-state index contributed by atoms with van der Waals surface area (Å²) in [4.78, 5) is 30.6. The van der Waals surface area contributed by atoms with Crippen molar-refractivity contribution in [2.24, 2.45) is 0 Å². The molecule has 0 spiro atoms. The van der Waals surface area contributed by atoms with Crippen molar-refractivity contribution < 1.29 is 4.79 Å². The number of aromatic nitrogens is 2. The fraction of sp³-hybridized carbons (Fsp3) is 0.188. The number of carbonyl (C=O) groups is 1. The van der Waals surface area contributed by atoms with Crippen LogP contribution < -0.4 is 10.9 Å². The van der Waals surface area contributed by atoms with Crippen molar-refractivity contribution in [2.45, 2.75) is 24.5 Å². The summed E-state index contributed by atoms with van der Waals surface area (Å²) in [6, 6.07) is 9.16. The lowest BCUT2D eigenvalue weighted by atomic mass is 10.3. The van der Waals surface area contributed by atoms with Gasteiger partial charge in [0, 0.05) is 34.7 Å². The number of para-hydroxylation sites is 1.